The maximum atomic E-state index is 9.24. The third-order valence-electron chi connectivity index (χ3n) is 3.72. The minimum Gasteiger partial charge on any atom is -0.495 e. The van der Waals surface area contributed by atoms with E-state index in [4.69, 9.17) is 16.3 Å². The molecular weight excluding hydrogens is 250 g/mol. The number of rotatable bonds is 6. The van der Waals surface area contributed by atoms with E-state index in [1.165, 1.54) is 5.56 Å². The van der Waals surface area contributed by atoms with Gasteiger partial charge in [0.25, 0.3) is 0 Å². The van der Waals surface area contributed by atoms with E-state index in [2.05, 4.69) is 12.2 Å². The molecule has 0 radical (unpaired) electrons. The summed E-state index contributed by atoms with van der Waals surface area (Å²) < 4.78 is 5.18. The van der Waals surface area contributed by atoms with Gasteiger partial charge in [-0.25, -0.2) is 0 Å². The van der Waals surface area contributed by atoms with E-state index in [9.17, 15) is 5.11 Å². The first-order valence-corrected chi connectivity index (χ1v) is 6.63. The highest BCUT2D eigenvalue weighted by molar-refractivity contribution is 6.32. The van der Waals surface area contributed by atoms with Crippen LogP contribution in [0.15, 0.2) is 12.1 Å². The number of benzene rings is 1. The summed E-state index contributed by atoms with van der Waals surface area (Å²) in [6.45, 7) is 3.97. The second-order valence-electron chi connectivity index (χ2n) is 5.17. The number of ether oxygens (including phenoxy) is 1. The third kappa shape index (κ3) is 2.97. The number of aliphatic hydroxyl groups excluding tert-OH is 1. The smallest absolute Gasteiger partial charge is 0.137 e. The van der Waals surface area contributed by atoms with Crippen LogP contribution in [0.1, 0.15) is 24.0 Å². The van der Waals surface area contributed by atoms with E-state index in [0.29, 0.717) is 10.8 Å². The summed E-state index contributed by atoms with van der Waals surface area (Å²) in [5.41, 5.74) is 2.48. The molecule has 0 saturated heterocycles. The molecule has 0 aromatic heterocycles. The maximum absolute atomic E-state index is 9.24. The molecule has 0 bridgehead atoms. The molecule has 0 spiro atoms. The van der Waals surface area contributed by atoms with Crippen LogP contribution < -0.4 is 10.1 Å². The molecule has 18 heavy (non-hydrogen) atoms. The maximum Gasteiger partial charge on any atom is 0.137 e. The molecular formula is C14H20ClNO2. The van der Waals surface area contributed by atoms with Crippen molar-refractivity contribution in [2.45, 2.75) is 26.3 Å². The molecule has 0 aliphatic heterocycles. The largest absolute Gasteiger partial charge is 0.495 e. The Morgan fingerprint density at radius 3 is 2.72 bits per heavy atom. The standard InChI is InChI=1S/C14H20ClNO2/c1-10-5-13(18-2)12(15)6-11(10)7-16-8-14(9-17)3-4-14/h5-6,16-17H,3-4,7-9H2,1-2H3. The van der Waals surface area contributed by atoms with E-state index >= 15 is 0 Å². The van der Waals surface area contributed by atoms with Gasteiger partial charge in [-0.1, -0.05) is 11.6 Å². The summed E-state index contributed by atoms with van der Waals surface area (Å²) in [7, 11) is 1.62. The van der Waals surface area contributed by atoms with Crippen LogP contribution in [0.4, 0.5) is 0 Å². The average molecular weight is 270 g/mol. The quantitative estimate of drug-likeness (QED) is 0.834. The molecule has 0 unspecified atom stereocenters. The predicted octanol–water partition coefficient (Wildman–Crippen LogP) is 2.52. The minimum absolute atomic E-state index is 0.143. The van der Waals surface area contributed by atoms with Gasteiger partial charge in [-0.3, -0.25) is 0 Å². The second-order valence-corrected chi connectivity index (χ2v) is 5.58. The van der Waals surface area contributed by atoms with E-state index in [0.717, 1.165) is 31.5 Å². The van der Waals surface area contributed by atoms with Gasteiger partial charge >= 0.3 is 0 Å². The van der Waals surface area contributed by atoms with Crippen LogP contribution in [-0.4, -0.2) is 25.4 Å². The number of hydrogen-bond acceptors (Lipinski definition) is 3. The SMILES string of the molecule is COc1cc(C)c(CNCC2(CO)CC2)cc1Cl. The molecule has 1 aliphatic rings. The van der Waals surface area contributed by atoms with Gasteiger partial charge in [-0.05, 0) is 43.0 Å². The molecule has 2 N–H and O–H groups in total. The van der Waals surface area contributed by atoms with Crippen molar-refractivity contribution in [3.05, 3.63) is 28.3 Å². The van der Waals surface area contributed by atoms with E-state index in [1.54, 1.807) is 7.11 Å². The summed E-state index contributed by atoms with van der Waals surface area (Å²) in [6.07, 6.45) is 2.25. The van der Waals surface area contributed by atoms with Gasteiger partial charge in [-0.15, -0.1) is 0 Å². The topological polar surface area (TPSA) is 41.5 Å². The van der Waals surface area contributed by atoms with Crippen molar-refractivity contribution in [1.29, 1.82) is 0 Å². The van der Waals surface area contributed by atoms with E-state index in [-0.39, 0.29) is 12.0 Å². The van der Waals surface area contributed by atoms with Gasteiger partial charge in [0.2, 0.25) is 0 Å². The average Bonchev–Trinajstić information content (AvgIpc) is 3.13. The first-order valence-electron chi connectivity index (χ1n) is 6.25. The van der Waals surface area contributed by atoms with Crippen LogP contribution in [0.25, 0.3) is 0 Å². The summed E-state index contributed by atoms with van der Waals surface area (Å²) in [5.74, 6) is 0.715. The molecule has 0 atom stereocenters. The van der Waals surface area contributed by atoms with Gasteiger partial charge in [0.05, 0.1) is 12.1 Å². The van der Waals surface area contributed by atoms with Gasteiger partial charge in [0.1, 0.15) is 5.75 Å². The lowest BCUT2D eigenvalue weighted by molar-refractivity contribution is 0.207. The molecule has 1 fully saturated rings. The fraction of sp³-hybridized carbons (Fsp3) is 0.571. The Labute approximate surface area is 113 Å². The lowest BCUT2D eigenvalue weighted by Gasteiger charge is -2.15. The highest BCUT2D eigenvalue weighted by atomic mass is 35.5. The Hall–Kier alpha value is -0.770. The molecule has 1 saturated carbocycles. The van der Waals surface area contributed by atoms with Gasteiger partial charge in [0, 0.05) is 25.1 Å². The van der Waals surface area contributed by atoms with Crippen LogP contribution in [0.3, 0.4) is 0 Å². The summed E-state index contributed by atoms with van der Waals surface area (Å²) in [5, 5.41) is 13.3. The molecule has 100 valence electrons. The Morgan fingerprint density at radius 1 is 1.44 bits per heavy atom. The fourth-order valence-electron chi connectivity index (χ4n) is 2.07. The Kier molecular flexibility index (Phi) is 4.15. The third-order valence-corrected chi connectivity index (χ3v) is 4.01. The number of aryl methyl sites for hydroxylation is 1. The zero-order valence-electron chi connectivity index (χ0n) is 10.9. The number of hydrogen-bond donors (Lipinski definition) is 2. The van der Waals surface area contributed by atoms with Crippen molar-refractivity contribution in [3.8, 4) is 5.75 Å². The predicted molar refractivity (Wildman–Crippen MR) is 73.2 cm³/mol. The van der Waals surface area contributed by atoms with Crippen LogP contribution in [0.2, 0.25) is 5.02 Å². The molecule has 0 amide bonds. The van der Waals surface area contributed by atoms with Crippen molar-refractivity contribution in [3.63, 3.8) is 0 Å². The van der Waals surface area contributed by atoms with Crippen molar-refractivity contribution < 1.29 is 9.84 Å². The Morgan fingerprint density at radius 2 is 2.17 bits per heavy atom. The summed E-state index contributed by atoms with van der Waals surface area (Å²) in [6, 6.07) is 3.90. The van der Waals surface area contributed by atoms with Crippen LogP contribution in [0, 0.1) is 12.3 Å². The van der Waals surface area contributed by atoms with Gasteiger partial charge in [0.15, 0.2) is 0 Å². The number of methoxy groups -OCH3 is 1. The van der Waals surface area contributed by atoms with Crippen molar-refractivity contribution >= 4 is 11.6 Å². The van der Waals surface area contributed by atoms with E-state index in [1.807, 2.05) is 12.1 Å². The highest BCUT2D eigenvalue weighted by Crippen LogP contribution is 2.44. The molecule has 3 nitrogen and oxygen atoms in total. The van der Waals surface area contributed by atoms with Gasteiger partial charge in [-0.2, -0.15) is 0 Å². The lowest BCUT2D eigenvalue weighted by atomic mass is 10.1. The van der Waals surface area contributed by atoms with E-state index < -0.39 is 0 Å². The zero-order valence-corrected chi connectivity index (χ0v) is 11.7. The molecule has 1 aromatic rings. The Balaban J connectivity index is 1.95. The monoisotopic (exact) mass is 269 g/mol. The summed E-state index contributed by atoms with van der Waals surface area (Å²) >= 11 is 6.12. The van der Waals surface area contributed by atoms with Crippen molar-refractivity contribution in [2.75, 3.05) is 20.3 Å². The second kappa shape index (κ2) is 5.47. The first kappa shape index (κ1) is 13.7. The minimum atomic E-state index is 0.143. The number of halogens is 1. The molecule has 4 heteroatoms. The van der Waals surface area contributed by atoms with Crippen LogP contribution >= 0.6 is 11.6 Å². The number of aliphatic hydroxyl groups is 1. The molecule has 2 rings (SSSR count). The van der Waals surface area contributed by atoms with Crippen molar-refractivity contribution in [1.82, 2.24) is 5.32 Å². The zero-order chi connectivity index (χ0) is 13.2. The lowest BCUT2D eigenvalue weighted by Crippen LogP contribution is -2.26. The summed E-state index contributed by atoms with van der Waals surface area (Å²) in [4.78, 5) is 0. The van der Waals surface area contributed by atoms with Gasteiger partial charge < -0.3 is 15.2 Å². The normalized spacial score (nSPS) is 16.7. The Bertz CT molecular complexity index is 430. The van der Waals surface area contributed by atoms with Crippen LogP contribution in [0.5, 0.6) is 5.75 Å². The molecule has 1 aromatic carbocycles. The highest BCUT2D eigenvalue weighted by Gasteiger charge is 2.41. The molecule has 0 heterocycles. The first-order chi connectivity index (χ1) is 8.60. The number of nitrogens with one attached hydrogen (secondary N) is 1. The van der Waals surface area contributed by atoms with Crippen LogP contribution in [-0.2, 0) is 6.54 Å². The van der Waals surface area contributed by atoms with Crippen molar-refractivity contribution in [2.24, 2.45) is 5.41 Å². The fourth-order valence-corrected chi connectivity index (χ4v) is 2.34. The molecule has 1 aliphatic carbocycles.